The quantitative estimate of drug-likeness (QED) is 0.344. The van der Waals surface area contributed by atoms with E-state index >= 15 is 0 Å². The van der Waals surface area contributed by atoms with Gasteiger partial charge in [-0.2, -0.15) is 11.8 Å². The predicted molar refractivity (Wildman–Crippen MR) is 102 cm³/mol. The van der Waals surface area contributed by atoms with Crippen LogP contribution in [0.3, 0.4) is 0 Å². The van der Waals surface area contributed by atoms with Crippen molar-refractivity contribution in [2.75, 3.05) is 39.6 Å². The molecule has 2 aliphatic rings. The molecule has 0 aromatic rings. The molecule has 22 heavy (non-hydrogen) atoms. The van der Waals surface area contributed by atoms with E-state index in [1.54, 1.807) is 7.05 Å². The Morgan fingerprint density at radius 1 is 1.50 bits per heavy atom. The Labute approximate surface area is 154 Å². The number of hydrogen-bond donors (Lipinski definition) is 3. The minimum absolute atomic E-state index is 0. The summed E-state index contributed by atoms with van der Waals surface area (Å²) in [5, 5.41) is 9.71. The van der Waals surface area contributed by atoms with E-state index in [2.05, 4.69) is 27.2 Å². The maximum absolute atomic E-state index is 11.2. The molecule has 1 atom stereocenters. The van der Waals surface area contributed by atoms with Gasteiger partial charge in [0.15, 0.2) is 5.96 Å². The first-order valence-corrected chi connectivity index (χ1v) is 8.77. The second-order valence-corrected chi connectivity index (χ2v) is 6.88. The summed E-state index contributed by atoms with van der Waals surface area (Å²) in [7, 11) is 1.78. The molecule has 1 unspecified atom stereocenters. The van der Waals surface area contributed by atoms with Gasteiger partial charge >= 0.3 is 0 Å². The second-order valence-electron chi connectivity index (χ2n) is 5.61. The number of thioether (sulfide) groups is 1. The Balaban J connectivity index is 0.00000242. The molecule has 0 saturated carbocycles. The van der Waals surface area contributed by atoms with Crippen molar-refractivity contribution in [3.05, 3.63) is 0 Å². The molecule has 2 heterocycles. The molecule has 0 aliphatic carbocycles. The molecule has 0 aromatic carbocycles. The van der Waals surface area contributed by atoms with Gasteiger partial charge in [-0.1, -0.05) is 0 Å². The SMILES string of the molecule is CN=C(NCC1(SC)CCOCC1)NC1CCC(=O)NC1.I. The number of nitrogens with one attached hydrogen (secondary N) is 3. The van der Waals surface area contributed by atoms with E-state index in [9.17, 15) is 4.79 Å². The van der Waals surface area contributed by atoms with Crippen molar-refractivity contribution in [3.8, 4) is 0 Å². The number of piperidine rings is 1. The second kappa shape index (κ2) is 9.82. The highest BCUT2D eigenvalue weighted by molar-refractivity contribution is 14.0. The molecule has 2 aliphatic heterocycles. The van der Waals surface area contributed by atoms with Crippen LogP contribution in [0.4, 0.5) is 0 Å². The first-order chi connectivity index (χ1) is 10.2. The Morgan fingerprint density at radius 3 is 2.77 bits per heavy atom. The van der Waals surface area contributed by atoms with Crippen molar-refractivity contribution in [1.29, 1.82) is 0 Å². The van der Waals surface area contributed by atoms with Crippen molar-refractivity contribution < 1.29 is 9.53 Å². The van der Waals surface area contributed by atoms with Crippen LogP contribution in [0.2, 0.25) is 0 Å². The van der Waals surface area contributed by atoms with Crippen molar-refractivity contribution in [2.45, 2.75) is 36.5 Å². The van der Waals surface area contributed by atoms with Gasteiger partial charge in [0.2, 0.25) is 5.91 Å². The number of hydrogen-bond acceptors (Lipinski definition) is 4. The Hall–Kier alpha value is -0.220. The number of guanidine groups is 1. The van der Waals surface area contributed by atoms with Crippen LogP contribution >= 0.6 is 35.7 Å². The molecule has 3 N–H and O–H groups in total. The summed E-state index contributed by atoms with van der Waals surface area (Å²) < 4.78 is 5.70. The first kappa shape index (κ1) is 19.8. The zero-order valence-corrected chi connectivity index (χ0v) is 16.5. The fraction of sp³-hybridized carbons (Fsp3) is 0.857. The van der Waals surface area contributed by atoms with Crippen LogP contribution in [0.1, 0.15) is 25.7 Å². The van der Waals surface area contributed by atoms with Crippen LogP contribution in [0.5, 0.6) is 0 Å². The van der Waals surface area contributed by atoms with E-state index in [0.29, 0.717) is 13.0 Å². The number of amides is 1. The normalized spacial score (nSPS) is 24.9. The van der Waals surface area contributed by atoms with Crippen LogP contribution in [0.15, 0.2) is 4.99 Å². The van der Waals surface area contributed by atoms with E-state index < -0.39 is 0 Å². The molecule has 0 radical (unpaired) electrons. The molecular weight excluding hydrogens is 415 g/mol. The van der Waals surface area contributed by atoms with Gasteiger partial charge in [-0.15, -0.1) is 24.0 Å². The van der Waals surface area contributed by atoms with Crippen LogP contribution in [-0.2, 0) is 9.53 Å². The van der Waals surface area contributed by atoms with Gasteiger partial charge in [-0.25, -0.2) is 0 Å². The summed E-state index contributed by atoms with van der Waals surface area (Å²) in [4.78, 5) is 15.5. The highest BCUT2D eigenvalue weighted by Crippen LogP contribution is 2.32. The minimum Gasteiger partial charge on any atom is -0.381 e. The van der Waals surface area contributed by atoms with Gasteiger partial charge in [-0.05, 0) is 25.5 Å². The number of halogens is 1. The summed E-state index contributed by atoms with van der Waals surface area (Å²) in [5.74, 6) is 0.954. The molecular formula is C14H27IN4O2S. The lowest BCUT2D eigenvalue weighted by Crippen LogP contribution is -2.53. The zero-order valence-electron chi connectivity index (χ0n) is 13.3. The van der Waals surface area contributed by atoms with Gasteiger partial charge < -0.3 is 20.7 Å². The maximum Gasteiger partial charge on any atom is 0.220 e. The molecule has 2 fully saturated rings. The third-order valence-corrected chi connectivity index (χ3v) is 5.66. The molecule has 0 aromatic heterocycles. The number of ether oxygens (including phenoxy) is 1. The van der Waals surface area contributed by atoms with E-state index in [4.69, 9.17) is 4.74 Å². The average Bonchev–Trinajstić information content (AvgIpc) is 2.54. The zero-order chi connectivity index (χ0) is 15.1. The lowest BCUT2D eigenvalue weighted by atomic mass is 9.99. The van der Waals surface area contributed by atoms with Crippen molar-refractivity contribution in [3.63, 3.8) is 0 Å². The van der Waals surface area contributed by atoms with E-state index in [1.807, 2.05) is 11.8 Å². The van der Waals surface area contributed by atoms with Gasteiger partial charge in [-0.3, -0.25) is 9.79 Å². The van der Waals surface area contributed by atoms with E-state index in [1.165, 1.54) is 0 Å². The largest absolute Gasteiger partial charge is 0.381 e. The Bertz CT molecular complexity index is 379. The molecule has 1 amide bonds. The lowest BCUT2D eigenvalue weighted by molar-refractivity contribution is -0.122. The number of carbonyl (C=O) groups is 1. The van der Waals surface area contributed by atoms with Gasteiger partial charge in [0.25, 0.3) is 0 Å². The fourth-order valence-corrected chi connectivity index (χ4v) is 3.48. The van der Waals surface area contributed by atoms with Gasteiger partial charge in [0.1, 0.15) is 0 Å². The van der Waals surface area contributed by atoms with E-state index in [0.717, 1.165) is 45.0 Å². The molecule has 0 spiro atoms. The molecule has 2 rings (SSSR count). The number of rotatable bonds is 4. The van der Waals surface area contributed by atoms with E-state index in [-0.39, 0.29) is 40.7 Å². The van der Waals surface area contributed by atoms with Crippen LogP contribution in [-0.4, -0.2) is 62.3 Å². The number of aliphatic imine (C=N–C) groups is 1. The third-order valence-electron chi connectivity index (χ3n) is 4.24. The topological polar surface area (TPSA) is 74.8 Å². The summed E-state index contributed by atoms with van der Waals surface area (Å²) >= 11 is 1.91. The number of nitrogens with zero attached hydrogens (tertiary/aromatic N) is 1. The average molecular weight is 442 g/mol. The smallest absolute Gasteiger partial charge is 0.220 e. The van der Waals surface area contributed by atoms with Gasteiger partial charge in [0.05, 0.1) is 0 Å². The van der Waals surface area contributed by atoms with Crippen LogP contribution in [0.25, 0.3) is 0 Å². The summed E-state index contributed by atoms with van der Waals surface area (Å²) in [5.41, 5.74) is 0. The fourth-order valence-electron chi connectivity index (χ4n) is 2.69. The molecule has 6 nitrogen and oxygen atoms in total. The summed E-state index contributed by atoms with van der Waals surface area (Å²) in [6.07, 6.45) is 5.74. The highest BCUT2D eigenvalue weighted by atomic mass is 127. The van der Waals surface area contributed by atoms with Gasteiger partial charge in [0, 0.05) is 50.6 Å². The van der Waals surface area contributed by atoms with Crippen molar-refractivity contribution in [1.82, 2.24) is 16.0 Å². The Kier molecular flexibility index (Phi) is 8.85. The first-order valence-electron chi connectivity index (χ1n) is 7.54. The number of carbonyl (C=O) groups excluding carboxylic acids is 1. The summed E-state index contributed by atoms with van der Waals surface area (Å²) in [6.45, 7) is 3.23. The van der Waals surface area contributed by atoms with Crippen molar-refractivity contribution >= 4 is 47.6 Å². The Morgan fingerprint density at radius 2 is 2.23 bits per heavy atom. The molecule has 8 heteroatoms. The van der Waals surface area contributed by atoms with Crippen molar-refractivity contribution in [2.24, 2.45) is 4.99 Å². The predicted octanol–water partition coefficient (Wildman–Crippen LogP) is 0.960. The van der Waals surface area contributed by atoms with Crippen LogP contribution < -0.4 is 16.0 Å². The third kappa shape index (κ3) is 5.77. The maximum atomic E-state index is 11.2. The highest BCUT2D eigenvalue weighted by Gasteiger charge is 2.32. The molecule has 128 valence electrons. The molecule has 0 bridgehead atoms. The minimum atomic E-state index is 0. The summed E-state index contributed by atoms with van der Waals surface area (Å²) in [6, 6.07) is 0.258. The monoisotopic (exact) mass is 442 g/mol. The van der Waals surface area contributed by atoms with Crippen LogP contribution in [0, 0.1) is 0 Å². The standard InChI is InChI=1S/C14H26N4O2S.HI/c1-15-13(18-11-3-4-12(19)16-9-11)17-10-14(21-2)5-7-20-8-6-14;/h11H,3-10H2,1-2H3,(H,16,19)(H2,15,17,18);1H. The molecule has 2 saturated heterocycles. The lowest BCUT2D eigenvalue weighted by Gasteiger charge is -2.36.